The fraction of sp³-hybridized carbons (Fsp3) is 0.611. The van der Waals surface area contributed by atoms with Crippen molar-refractivity contribution in [1.82, 2.24) is 4.90 Å². The van der Waals surface area contributed by atoms with E-state index in [9.17, 15) is 9.90 Å². The molecule has 24 heavy (non-hydrogen) atoms. The Morgan fingerprint density at radius 1 is 1.25 bits per heavy atom. The van der Waals surface area contributed by atoms with Crippen LogP contribution in [0.15, 0.2) is 18.2 Å². The molecule has 1 aromatic rings. The van der Waals surface area contributed by atoms with Crippen molar-refractivity contribution < 1.29 is 24.1 Å². The van der Waals surface area contributed by atoms with Crippen molar-refractivity contribution >= 4 is 5.97 Å². The van der Waals surface area contributed by atoms with Crippen molar-refractivity contribution in [2.75, 3.05) is 40.5 Å². The molecule has 1 aromatic carbocycles. The first kappa shape index (κ1) is 20.3. The van der Waals surface area contributed by atoms with Crippen molar-refractivity contribution in [2.24, 2.45) is 0 Å². The fourth-order valence-electron chi connectivity index (χ4n) is 2.33. The van der Waals surface area contributed by atoms with E-state index in [1.165, 1.54) is 14.2 Å². The van der Waals surface area contributed by atoms with Crippen LogP contribution in [0.2, 0.25) is 0 Å². The van der Waals surface area contributed by atoms with Crippen LogP contribution in [-0.4, -0.2) is 62.5 Å². The number of hydrogen-bond donors (Lipinski definition) is 1. The van der Waals surface area contributed by atoms with E-state index in [2.05, 4.69) is 23.5 Å². The number of unbranched alkanes of at least 4 members (excludes halogenated alkanes) is 1. The van der Waals surface area contributed by atoms with Gasteiger partial charge in [-0.1, -0.05) is 20.3 Å². The summed E-state index contributed by atoms with van der Waals surface area (Å²) in [6, 6.07) is 4.81. The summed E-state index contributed by atoms with van der Waals surface area (Å²) >= 11 is 0. The summed E-state index contributed by atoms with van der Waals surface area (Å²) in [5.41, 5.74) is 0.388. The van der Waals surface area contributed by atoms with E-state index in [-0.39, 0.29) is 6.61 Å². The Morgan fingerprint density at radius 2 is 2.00 bits per heavy atom. The second kappa shape index (κ2) is 10.9. The van der Waals surface area contributed by atoms with Gasteiger partial charge in [-0.05, 0) is 37.7 Å². The van der Waals surface area contributed by atoms with Gasteiger partial charge in [0.05, 0.1) is 19.8 Å². The number of carbonyl (C=O) groups excluding carboxylic acids is 1. The molecule has 1 N–H and O–H groups in total. The van der Waals surface area contributed by atoms with Crippen LogP contribution < -0.4 is 9.47 Å². The zero-order chi connectivity index (χ0) is 17.9. The smallest absolute Gasteiger partial charge is 0.337 e. The lowest BCUT2D eigenvalue weighted by atomic mass is 10.2. The third-order valence-corrected chi connectivity index (χ3v) is 3.76. The van der Waals surface area contributed by atoms with E-state index in [1.807, 2.05) is 0 Å². The van der Waals surface area contributed by atoms with Gasteiger partial charge in [0.15, 0.2) is 11.5 Å². The maximum absolute atomic E-state index is 11.5. The minimum Gasteiger partial charge on any atom is -0.493 e. The van der Waals surface area contributed by atoms with Gasteiger partial charge in [0.25, 0.3) is 0 Å². The lowest BCUT2D eigenvalue weighted by molar-refractivity contribution is 0.0598. The van der Waals surface area contributed by atoms with Crippen molar-refractivity contribution in [3.63, 3.8) is 0 Å². The summed E-state index contributed by atoms with van der Waals surface area (Å²) in [7, 11) is 2.83. The number of aliphatic hydroxyl groups excluding tert-OH is 1. The Hall–Kier alpha value is -1.79. The van der Waals surface area contributed by atoms with Gasteiger partial charge in [-0.25, -0.2) is 4.79 Å². The quantitative estimate of drug-likeness (QED) is 0.624. The molecule has 1 rings (SSSR count). The van der Waals surface area contributed by atoms with Gasteiger partial charge in [0, 0.05) is 6.54 Å². The van der Waals surface area contributed by atoms with Crippen molar-refractivity contribution in [3.8, 4) is 11.5 Å². The molecule has 0 fully saturated rings. The highest BCUT2D eigenvalue weighted by Gasteiger charge is 2.14. The number of hydrogen-bond acceptors (Lipinski definition) is 6. The lowest BCUT2D eigenvalue weighted by Crippen LogP contribution is -2.36. The van der Waals surface area contributed by atoms with Crippen LogP contribution in [0.5, 0.6) is 11.5 Å². The van der Waals surface area contributed by atoms with Gasteiger partial charge >= 0.3 is 5.97 Å². The number of nitrogens with zero attached hydrogens (tertiary/aromatic N) is 1. The molecule has 1 unspecified atom stereocenters. The number of carbonyl (C=O) groups is 1. The molecular weight excluding hydrogens is 310 g/mol. The molecule has 6 heteroatoms. The predicted octanol–water partition coefficient (Wildman–Crippen LogP) is 2.34. The van der Waals surface area contributed by atoms with Gasteiger partial charge in [-0.15, -0.1) is 0 Å². The molecule has 0 aliphatic heterocycles. The highest BCUT2D eigenvalue weighted by molar-refractivity contribution is 5.90. The highest BCUT2D eigenvalue weighted by atomic mass is 16.5. The molecule has 0 heterocycles. The van der Waals surface area contributed by atoms with Crippen molar-refractivity contribution in [2.45, 2.75) is 32.8 Å². The number of aliphatic hydroxyl groups is 1. The maximum atomic E-state index is 11.5. The number of esters is 1. The maximum Gasteiger partial charge on any atom is 0.337 e. The number of ether oxygens (including phenoxy) is 3. The standard InChI is InChI=1S/C18H29NO5/c1-5-7-10-19(6-2)12-15(20)13-24-16-9-8-14(18(21)23-4)11-17(16)22-3/h8-9,11,15,20H,5-7,10,12-13H2,1-4H3. The SMILES string of the molecule is CCCCN(CC)CC(O)COc1ccc(C(=O)OC)cc1OC. The van der Waals surface area contributed by atoms with Crippen molar-refractivity contribution in [3.05, 3.63) is 23.8 Å². The molecule has 0 bridgehead atoms. The van der Waals surface area contributed by atoms with E-state index in [4.69, 9.17) is 9.47 Å². The number of methoxy groups -OCH3 is 2. The summed E-state index contributed by atoms with van der Waals surface area (Å²) in [5.74, 6) is 0.485. The van der Waals surface area contributed by atoms with Gasteiger partial charge in [0.2, 0.25) is 0 Å². The van der Waals surface area contributed by atoms with E-state index < -0.39 is 12.1 Å². The van der Waals surface area contributed by atoms with Crippen LogP contribution >= 0.6 is 0 Å². The van der Waals surface area contributed by atoms with Crippen LogP contribution in [0.4, 0.5) is 0 Å². The summed E-state index contributed by atoms with van der Waals surface area (Å²) in [5, 5.41) is 10.2. The minimum absolute atomic E-state index is 0.163. The Balaban J connectivity index is 2.61. The zero-order valence-electron chi connectivity index (χ0n) is 15.1. The van der Waals surface area contributed by atoms with Crippen LogP contribution in [0, 0.1) is 0 Å². The summed E-state index contributed by atoms with van der Waals surface area (Å²) in [6.45, 7) is 6.83. The summed E-state index contributed by atoms with van der Waals surface area (Å²) in [4.78, 5) is 13.7. The molecule has 0 amide bonds. The monoisotopic (exact) mass is 339 g/mol. The topological polar surface area (TPSA) is 68.2 Å². The molecule has 136 valence electrons. The first-order valence-electron chi connectivity index (χ1n) is 8.35. The van der Waals surface area contributed by atoms with Gasteiger partial charge in [0.1, 0.15) is 12.7 Å². The average molecular weight is 339 g/mol. The normalized spacial score (nSPS) is 12.1. The van der Waals surface area contributed by atoms with Gasteiger partial charge < -0.3 is 24.2 Å². The van der Waals surface area contributed by atoms with E-state index in [0.717, 1.165) is 25.9 Å². The molecule has 6 nitrogen and oxygen atoms in total. The molecule has 0 radical (unpaired) electrons. The van der Waals surface area contributed by atoms with Crippen LogP contribution in [0.3, 0.4) is 0 Å². The van der Waals surface area contributed by atoms with Crippen LogP contribution in [0.1, 0.15) is 37.0 Å². The van der Waals surface area contributed by atoms with Gasteiger partial charge in [-0.2, -0.15) is 0 Å². The predicted molar refractivity (Wildman–Crippen MR) is 92.9 cm³/mol. The highest BCUT2D eigenvalue weighted by Crippen LogP contribution is 2.28. The first-order chi connectivity index (χ1) is 11.5. The largest absolute Gasteiger partial charge is 0.493 e. The molecule has 0 saturated heterocycles. The second-order valence-corrected chi connectivity index (χ2v) is 5.57. The third-order valence-electron chi connectivity index (χ3n) is 3.76. The van der Waals surface area contributed by atoms with Crippen LogP contribution in [0.25, 0.3) is 0 Å². The lowest BCUT2D eigenvalue weighted by Gasteiger charge is -2.23. The van der Waals surface area contributed by atoms with Crippen LogP contribution in [-0.2, 0) is 4.74 Å². The van der Waals surface area contributed by atoms with Gasteiger partial charge in [-0.3, -0.25) is 0 Å². The van der Waals surface area contributed by atoms with E-state index in [0.29, 0.717) is 23.6 Å². The average Bonchev–Trinajstić information content (AvgIpc) is 2.62. The molecular formula is C18H29NO5. The fourth-order valence-corrected chi connectivity index (χ4v) is 2.33. The molecule has 0 aliphatic carbocycles. The van der Waals surface area contributed by atoms with E-state index in [1.54, 1.807) is 18.2 Å². The molecule has 0 spiro atoms. The molecule has 0 aromatic heterocycles. The molecule has 0 saturated carbocycles. The molecule has 0 aliphatic rings. The minimum atomic E-state index is -0.591. The Kier molecular flexibility index (Phi) is 9.19. The molecule has 1 atom stereocenters. The van der Waals surface area contributed by atoms with E-state index >= 15 is 0 Å². The summed E-state index contributed by atoms with van der Waals surface area (Å²) < 4.78 is 15.6. The Labute approximate surface area is 144 Å². The third kappa shape index (κ3) is 6.37. The Morgan fingerprint density at radius 3 is 2.58 bits per heavy atom. The number of likely N-dealkylation sites (N-methyl/N-ethyl adjacent to an activating group) is 1. The Bertz CT molecular complexity index is 506. The number of rotatable bonds is 11. The zero-order valence-corrected chi connectivity index (χ0v) is 15.1. The number of benzene rings is 1. The summed E-state index contributed by atoms with van der Waals surface area (Å²) in [6.07, 6.45) is 1.66. The van der Waals surface area contributed by atoms with Crippen molar-refractivity contribution in [1.29, 1.82) is 0 Å². The first-order valence-corrected chi connectivity index (χ1v) is 8.35. The second-order valence-electron chi connectivity index (χ2n) is 5.57.